The van der Waals surface area contributed by atoms with Crippen LogP contribution in [0.25, 0.3) is 21.8 Å². The molecule has 0 saturated carbocycles. The SMILES string of the molecule is Cc1nn(C)c2ccccc12.Cn1nc(I)c2ccccc21. The average Bonchev–Trinajstić information content (AvgIpc) is 2.99. The predicted octanol–water partition coefficient (Wildman–Crippen LogP) is 4.06. The smallest absolute Gasteiger partial charge is 0.131 e. The molecule has 2 aromatic heterocycles. The van der Waals surface area contributed by atoms with Gasteiger partial charge in [-0.15, -0.1) is 0 Å². The normalized spacial score (nSPS) is 10.7. The number of aromatic nitrogens is 4. The maximum atomic E-state index is 4.31. The monoisotopic (exact) mass is 404 g/mol. The first kappa shape index (κ1) is 15.0. The maximum absolute atomic E-state index is 4.31. The van der Waals surface area contributed by atoms with Gasteiger partial charge in [0.15, 0.2) is 0 Å². The lowest BCUT2D eigenvalue weighted by Crippen LogP contribution is -1.88. The Morgan fingerprint density at radius 1 is 0.773 bits per heavy atom. The first-order valence-corrected chi connectivity index (χ1v) is 8.11. The van der Waals surface area contributed by atoms with Gasteiger partial charge in [-0.25, -0.2) is 0 Å². The van der Waals surface area contributed by atoms with Crippen molar-refractivity contribution in [1.82, 2.24) is 19.6 Å². The minimum Gasteiger partial charge on any atom is -0.268 e. The van der Waals surface area contributed by atoms with Gasteiger partial charge in [-0.2, -0.15) is 10.2 Å². The van der Waals surface area contributed by atoms with Gasteiger partial charge in [0.2, 0.25) is 0 Å². The van der Waals surface area contributed by atoms with Gasteiger partial charge in [0, 0.05) is 24.9 Å². The summed E-state index contributed by atoms with van der Waals surface area (Å²) in [5, 5.41) is 11.1. The van der Waals surface area contributed by atoms with Gasteiger partial charge < -0.3 is 0 Å². The van der Waals surface area contributed by atoms with E-state index < -0.39 is 0 Å². The Morgan fingerprint density at radius 3 is 1.86 bits per heavy atom. The summed E-state index contributed by atoms with van der Waals surface area (Å²) in [6.07, 6.45) is 0. The van der Waals surface area contributed by atoms with E-state index in [0.717, 1.165) is 9.39 Å². The third-order valence-electron chi connectivity index (χ3n) is 3.66. The first-order chi connectivity index (χ1) is 10.6. The van der Waals surface area contributed by atoms with E-state index in [1.165, 1.54) is 21.8 Å². The number of benzene rings is 2. The molecule has 0 unspecified atom stereocenters. The van der Waals surface area contributed by atoms with Crippen molar-refractivity contribution in [3.8, 4) is 0 Å². The Kier molecular flexibility index (Phi) is 4.15. The predicted molar refractivity (Wildman–Crippen MR) is 98.9 cm³/mol. The fourth-order valence-corrected chi connectivity index (χ4v) is 3.34. The van der Waals surface area contributed by atoms with E-state index in [-0.39, 0.29) is 0 Å². The molecule has 5 heteroatoms. The molecule has 0 aliphatic heterocycles. The number of hydrogen-bond acceptors (Lipinski definition) is 2. The minimum absolute atomic E-state index is 1.07. The lowest BCUT2D eigenvalue weighted by Gasteiger charge is -1.90. The Morgan fingerprint density at radius 2 is 1.27 bits per heavy atom. The van der Waals surface area contributed by atoms with E-state index in [4.69, 9.17) is 0 Å². The first-order valence-electron chi connectivity index (χ1n) is 7.03. The van der Waals surface area contributed by atoms with Crippen LogP contribution in [0.3, 0.4) is 0 Å². The van der Waals surface area contributed by atoms with Crippen LogP contribution in [0.2, 0.25) is 0 Å². The van der Waals surface area contributed by atoms with Crippen LogP contribution < -0.4 is 0 Å². The summed E-state index contributed by atoms with van der Waals surface area (Å²) in [4.78, 5) is 0. The van der Waals surface area contributed by atoms with Crippen LogP contribution >= 0.6 is 22.6 Å². The van der Waals surface area contributed by atoms with Crippen LogP contribution in [0, 0.1) is 10.6 Å². The highest BCUT2D eigenvalue weighted by Gasteiger charge is 2.02. The lowest BCUT2D eigenvalue weighted by molar-refractivity contribution is 0.783. The Labute approximate surface area is 142 Å². The zero-order valence-corrected chi connectivity index (χ0v) is 14.9. The third-order valence-corrected chi connectivity index (χ3v) is 4.45. The highest BCUT2D eigenvalue weighted by Crippen LogP contribution is 2.18. The van der Waals surface area contributed by atoms with Crippen molar-refractivity contribution in [2.24, 2.45) is 14.1 Å². The number of nitrogens with zero attached hydrogens (tertiary/aromatic N) is 4. The topological polar surface area (TPSA) is 35.6 Å². The van der Waals surface area contributed by atoms with Crippen LogP contribution in [-0.4, -0.2) is 19.6 Å². The fraction of sp³-hybridized carbons (Fsp3) is 0.176. The standard InChI is InChI=1S/C9H10N2.C8H7IN2/c1-7-8-5-3-4-6-9(8)11(2)10-7;1-11-7-5-3-2-4-6(7)8(9)10-11/h3-6H,1-2H3;2-5H,1H3. The Hall–Kier alpha value is -1.89. The number of aryl methyl sites for hydroxylation is 3. The zero-order valence-electron chi connectivity index (χ0n) is 12.8. The second-order valence-corrected chi connectivity index (χ2v) is 6.18. The van der Waals surface area contributed by atoms with E-state index in [0.29, 0.717) is 0 Å². The van der Waals surface area contributed by atoms with Crippen LogP contribution in [0.15, 0.2) is 48.5 Å². The molecule has 4 rings (SSSR count). The second kappa shape index (κ2) is 6.08. The zero-order chi connectivity index (χ0) is 15.7. The van der Waals surface area contributed by atoms with E-state index in [1.54, 1.807) is 0 Å². The van der Waals surface area contributed by atoms with E-state index in [9.17, 15) is 0 Å². The molecular formula is C17H17IN4. The van der Waals surface area contributed by atoms with E-state index in [2.05, 4.69) is 57.1 Å². The van der Waals surface area contributed by atoms with Crippen molar-refractivity contribution in [3.05, 3.63) is 57.9 Å². The average molecular weight is 404 g/mol. The molecule has 0 aliphatic carbocycles. The van der Waals surface area contributed by atoms with Crippen LogP contribution in [0.4, 0.5) is 0 Å². The molecular weight excluding hydrogens is 387 g/mol. The van der Waals surface area contributed by atoms with Gasteiger partial charge in [-0.1, -0.05) is 36.4 Å². The highest BCUT2D eigenvalue weighted by molar-refractivity contribution is 14.1. The van der Waals surface area contributed by atoms with Crippen LogP contribution in [0.5, 0.6) is 0 Å². The summed E-state index contributed by atoms with van der Waals surface area (Å²) in [6, 6.07) is 16.5. The van der Waals surface area contributed by atoms with Crippen molar-refractivity contribution < 1.29 is 0 Å². The molecule has 4 nitrogen and oxygen atoms in total. The molecule has 0 saturated heterocycles. The van der Waals surface area contributed by atoms with E-state index >= 15 is 0 Å². The maximum Gasteiger partial charge on any atom is 0.131 e. The van der Waals surface area contributed by atoms with Gasteiger partial charge in [-0.05, 0) is 41.6 Å². The van der Waals surface area contributed by atoms with Crippen LogP contribution in [0.1, 0.15) is 5.69 Å². The minimum atomic E-state index is 1.07. The largest absolute Gasteiger partial charge is 0.268 e. The van der Waals surface area contributed by atoms with Gasteiger partial charge in [-0.3, -0.25) is 9.36 Å². The summed E-state index contributed by atoms with van der Waals surface area (Å²) < 4.78 is 4.88. The summed E-state index contributed by atoms with van der Waals surface area (Å²) >= 11 is 2.25. The summed E-state index contributed by atoms with van der Waals surface area (Å²) in [7, 11) is 3.93. The molecule has 4 aromatic rings. The van der Waals surface area contributed by atoms with E-state index in [1.807, 2.05) is 54.6 Å². The number of hydrogen-bond donors (Lipinski definition) is 0. The summed E-state index contributed by atoms with van der Waals surface area (Å²) in [5.41, 5.74) is 3.49. The molecule has 112 valence electrons. The molecule has 0 spiro atoms. The summed E-state index contributed by atoms with van der Waals surface area (Å²) in [5.74, 6) is 0. The molecule has 0 amide bonds. The number of para-hydroxylation sites is 2. The summed E-state index contributed by atoms with van der Waals surface area (Å²) in [6.45, 7) is 2.03. The quantitative estimate of drug-likeness (QED) is 0.415. The number of fused-ring (bicyclic) bond motifs is 2. The third kappa shape index (κ3) is 2.72. The molecule has 22 heavy (non-hydrogen) atoms. The van der Waals surface area contributed by atoms with Gasteiger partial charge in [0.05, 0.1) is 16.7 Å². The molecule has 0 N–H and O–H groups in total. The van der Waals surface area contributed by atoms with Crippen molar-refractivity contribution in [1.29, 1.82) is 0 Å². The lowest BCUT2D eigenvalue weighted by atomic mass is 10.2. The number of halogens is 1. The fourth-order valence-electron chi connectivity index (χ4n) is 2.56. The van der Waals surface area contributed by atoms with Crippen molar-refractivity contribution >= 4 is 44.4 Å². The van der Waals surface area contributed by atoms with Gasteiger partial charge in [0.25, 0.3) is 0 Å². The Balaban J connectivity index is 0.000000131. The highest BCUT2D eigenvalue weighted by atomic mass is 127. The molecule has 2 aromatic carbocycles. The molecule has 0 atom stereocenters. The molecule has 0 fully saturated rings. The molecule has 0 radical (unpaired) electrons. The van der Waals surface area contributed by atoms with Crippen molar-refractivity contribution in [3.63, 3.8) is 0 Å². The van der Waals surface area contributed by atoms with Crippen molar-refractivity contribution in [2.45, 2.75) is 6.92 Å². The molecule has 2 heterocycles. The Bertz CT molecular complexity index is 786. The molecule has 0 aliphatic rings. The van der Waals surface area contributed by atoms with Crippen LogP contribution in [-0.2, 0) is 14.1 Å². The van der Waals surface area contributed by atoms with Gasteiger partial charge in [0.1, 0.15) is 3.70 Å². The molecule has 0 bridgehead atoms. The van der Waals surface area contributed by atoms with Crippen molar-refractivity contribution in [2.75, 3.05) is 0 Å². The number of rotatable bonds is 0. The van der Waals surface area contributed by atoms with Gasteiger partial charge >= 0.3 is 0 Å². The second-order valence-electron chi connectivity index (χ2n) is 5.16.